The summed E-state index contributed by atoms with van der Waals surface area (Å²) in [6, 6.07) is 7.62. The molecule has 26 heavy (non-hydrogen) atoms. The molecule has 2 N–H and O–H groups in total. The van der Waals surface area contributed by atoms with Crippen molar-refractivity contribution in [3.8, 4) is 0 Å². The Balaban J connectivity index is 1.65. The van der Waals surface area contributed by atoms with E-state index in [2.05, 4.69) is 10.2 Å². The van der Waals surface area contributed by atoms with Crippen molar-refractivity contribution in [2.24, 2.45) is 0 Å². The number of rotatable bonds is 8. The van der Waals surface area contributed by atoms with Gasteiger partial charge in [-0.1, -0.05) is 11.6 Å². The van der Waals surface area contributed by atoms with Crippen LogP contribution >= 0.6 is 11.6 Å². The summed E-state index contributed by atoms with van der Waals surface area (Å²) in [7, 11) is 0. The van der Waals surface area contributed by atoms with Crippen molar-refractivity contribution < 1.29 is 19.5 Å². The van der Waals surface area contributed by atoms with Gasteiger partial charge in [-0.15, -0.1) is 0 Å². The molecule has 0 radical (unpaired) electrons. The second kappa shape index (κ2) is 10.0. The highest BCUT2D eigenvalue weighted by atomic mass is 35.5. The zero-order valence-corrected chi connectivity index (χ0v) is 15.4. The molecule has 142 valence electrons. The van der Waals surface area contributed by atoms with Gasteiger partial charge in [0.05, 0.1) is 6.54 Å². The number of hydrogen-bond acceptors (Lipinski definition) is 4. The highest BCUT2D eigenvalue weighted by molar-refractivity contribution is 6.30. The maximum atomic E-state index is 12.2. The van der Waals surface area contributed by atoms with Crippen molar-refractivity contribution in [1.29, 1.82) is 0 Å². The largest absolute Gasteiger partial charge is 0.481 e. The Morgan fingerprint density at radius 2 is 1.62 bits per heavy atom. The van der Waals surface area contributed by atoms with Crippen LogP contribution in [-0.2, 0) is 14.4 Å². The molecule has 8 heteroatoms. The first-order valence-corrected chi connectivity index (χ1v) is 9.10. The molecule has 0 spiro atoms. The highest BCUT2D eigenvalue weighted by Gasteiger charge is 2.21. The van der Waals surface area contributed by atoms with Crippen LogP contribution in [0.1, 0.15) is 25.7 Å². The zero-order chi connectivity index (χ0) is 18.9. The van der Waals surface area contributed by atoms with Gasteiger partial charge in [-0.05, 0) is 37.1 Å². The number of nitrogens with one attached hydrogen (secondary N) is 1. The van der Waals surface area contributed by atoms with Gasteiger partial charge >= 0.3 is 5.97 Å². The summed E-state index contributed by atoms with van der Waals surface area (Å²) < 4.78 is 0. The van der Waals surface area contributed by atoms with Gasteiger partial charge in [0.25, 0.3) is 0 Å². The smallest absolute Gasteiger partial charge is 0.303 e. The van der Waals surface area contributed by atoms with E-state index in [1.807, 2.05) is 24.3 Å². The first-order chi connectivity index (χ1) is 12.5. The molecule has 7 nitrogen and oxygen atoms in total. The van der Waals surface area contributed by atoms with E-state index < -0.39 is 5.97 Å². The Labute approximate surface area is 157 Å². The molecule has 1 aromatic carbocycles. The van der Waals surface area contributed by atoms with Gasteiger partial charge in [-0.3, -0.25) is 14.4 Å². The second-order valence-electron chi connectivity index (χ2n) is 6.22. The number of hydrogen-bond donors (Lipinski definition) is 2. The molecule has 1 aliphatic rings. The van der Waals surface area contributed by atoms with Crippen molar-refractivity contribution in [3.63, 3.8) is 0 Å². The third kappa shape index (κ3) is 6.55. The molecule has 0 unspecified atom stereocenters. The number of unbranched alkanes of at least 4 members (excludes halogenated alkanes) is 1. The lowest BCUT2D eigenvalue weighted by Crippen LogP contribution is -2.51. The number of carbonyl (C=O) groups is 3. The zero-order valence-electron chi connectivity index (χ0n) is 14.6. The Morgan fingerprint density at radius 3 is 2.23 bits per heavy atom. The molecule has 1 fully saturated rings. The number of carboxylic acid groups (broad SMARTS) is 1. The molecule has 2 rings (SSSR count). The molecule has 1 heterocycles. The summed E-state index contributed by atoms with van der Waals surface area (Å²) in [6.45, 7) is 2.66. The van der Waals surface area contributed by atoms with E-state index in [1.165, 1.54) is 0 Å². The number of aliphatic carboxylic acids is 1. The average molecular weight is 382 g/mol. The standard InChI is InChI=1S/C18H24ClN3O4/c19-14-5-7-15(8-6-14)21-9-11-22(12-10-21)17(24)13-20-16(23)3-1-2-4-18(25)26/h5-8H,1-4,9-13H2,(H,20,23)(H,25,26). The van der Waals surface area contributed by atoms with Crippen LogP contribution in [-0.4, -0.2) is 60.5 Å². The molecule has 0 saturated carbocycles. The van der Waals surface area contributed by atoms with Gasteiger partial charge in [-0.25, -0.2) is 0 Å². The third-order valence-electron chi connectivity index (χ3n) is 4.31. The van der Waals surface area contributed by atoms with Crippen molar-refractivity contribution in [2.75, 3.05) is 37.6 Å². The summed E-state index contributed by atoms with van der Waals surface area (Å²) in [5.74, 6) is -1.18. The monoisotopic (exact) mass is 381 g/mol. The minimum absolute atomic E-state index is 0.0152. The molecule has 0 atom stereocenters. The number of carboxylic acids is 1. The van der Waals surface area contributed by atoms with Crippen LogP contribution in [0.3, 0.4) is 0 Å². The Kier molecular flexibility index (Phi) is 7.72. The lowest BCUT2D eigenvalue weighted by molar-refractivity contribution is -0.137. The van der Waals surface area contributed by atoms with Crippen LogP contribution < -0.4 is 10.2 Å². The van der Waals surface area contributed by atoms with Crippen LogP contribution in [0, 0.1) is 0 Å². The number of halogens is 1. The Morgan fingerprint density at radius 1 is 1.00 bits per heavy atom. The summed E-state index contributed by atoms with van der Waals surface area (Å²) in [5.41, 5.74) is 1.08. The van der Waals surface area contributed by atoms with Crippen LogP contribution in [0.15, 0.2) is 24.3 Å². The fourth-order valence-corrected chi connectivity index (χ4v) is 2.93. The van der Waals surface area contributed by atoms with Crippen LogP contribution in [0.2, 0.25) is 5.02 Å². The summed E-state index contributed by atoms with van der Waals surface area (Å²) in [6.07, 6.45) is 1.27. The molecule has 1 aromatic rings. The maximum Gasteiger partial charge on any atom is 0.303 e. The van der Waals surface area contributed by atoms with Crippen molar-refractivity contribution in [2.45, 2.75) is 25.7 Å². The summed E-state index contributed by atoms with van der Waals surface area (Å²) in [5, 5.41) is 11.8. The molecule has 0 aromatic heterocycles. The van der Waals surface area contributed by atoms with Gasteiger partial charge in [-0.2, -0.15) is 0 Å². The number of amides is 2. The third-order valence-corrected chi connectivity index (χ3v) is 4.56. The van der Waals surface area contributed by atoms with Gasteiger partial charge < -0.3 is 20.2 Å². The summed E-state index contributed by atoms with van der Waals surface area (Å²) >= 11 is 5.90. The number of benzene rings is 1. The van der Waals surface area contributed by atoms with Gasteiger partial charge in [0.1, 0.15) is 0 Å². The first kappa shape index (κ1) is 20.0. The number of anilines is 1. The molecular formula is C18H24ClN3O4. The van der Waals surface area contributed by atoms with E-state index >= 15 is 0 Å². The lowest BCUT2D eigenvalue weighted by Gasteiger charge is -2.36. The van der Waals surface area contributed by atoms with Gasteiger partial charge in [0.2, 0.25) is 11.8 Å². The van der Waals surface area contributed by atoms with E-state index in [9.17, 15) is 14.4 Å². The van der Waals surface area contributed by atoms with Crippen molar-refractivity contribution >= 4 is 35.1 Å². The number of nitrogens with zero attached hydrogens (tertiary/aromatic N) is 2. The highest BCUT2D eigenvalue weighted by Crippen LogP contribution is 2.19. The normalized spacial score (nSPS) is 14.2. The fraction of sp³-hybridized carbons (Fsp3) is 0.500. The van der Waals surface area contributed by atoms with Crippen LogP contribution in [0.4, 0.5) is 5.69 Å². The molecule has 2 amide bonds. The van der Waals surface area contributed by atoms with Crippen molar-refractivity contribution in [3.05, 3.63) is 29.3 Å². The topological polar surface area (TPSA) is 89.9 Å². The SMILES string of the molecule is O=C(O)CCCCC(=O)NCC(=O)N1CCN(c2ccc(Cl)cc2)CC1. The fourth-order valence-electron chi connectivity index (χ4n) is 2.80. The minimum Gasteiger partial charge on any atom is -0.481 e. The lowest BCUT2D eigenvalue weighted by atomic mass is 10.2. The van der Waals surface area contributed by atoms with E-state index in [0.29, 0.717) is 31.0 Å². The quantitative estimate of drug-likeness (QED) is 0.669. The minimum atomic E-state index is -0.863. The van der Waals surface area contributed by atoms with E-state index in [1.54, 1.807) is 4.90 Å². The van der Waals surface area contributed by atoms with E-state index in [-0.39, 0.29) is 31.2 Å². The Bertz CT molecular complexity index is 628. The molecular weight excluding hydrogens is 358 g/mol. The van der Waals surface area contributed by atoms with Gasteiger partial charge in [0, 0.05) is 49.7 Å². The Hall–Kier alpha value is -2.28. The predicted molar refractivity (Wildman–Crippen MR) is 99.4 cm³/mol. The van der Waals surface area contributed by atoms with Crippen molar-refractivity contribution in [1.82, 2.24) is 10.2 Å². The average Bonchev–Trinajstić information content (AvgIpc) is 2.64. The van der Waals surface area contributed by atoms with Gasteiger partial charge in [0.15, 0.2) is 0 Å². The molecule has 0 bridgehead atoms. The molecule has 1 saturated heterocycles. The van der Waals surface area contributed by atoms with Crippen LogP contribution in [0.5, 0.6) is 0 Å². The maximum absolute atomic E-state index is 12.2. The second-order valence-corrected chi connectivity index (χ2v) is 6.66. The predicted octanol–water partition coefficient (Wildman–Crippen LogP) is 1.75. The number of piperazine rings is 1. The molecule has 0 aliphatic carbocycles. The number of carbonyl (C=O) groups excluding carboxylic acids is 2. The first-order valence-electron chi connectivity index (χ1n) is 8.72. The molecule has 1 aliphatic heterocycles. The van der Waals surface area contributed by atoms with E-state index in [4.69, 9.17) is 16.7 Å². The van der Waals surface area contributed by atoms with E-state index in [0.717, 1.165) is 18.8 Å². The summed E-state index contributed by atoms with van der Waals surface area (Å²) in [4.78, 5) is 38.2. The van der Waals surface area contributed by atoms with Crippen LogP contribution in [0.25, 0.3) is 0 Å².